The summed E-state index contributed by atoms with van der Waals surface area (Å²) in [7, 11) is -1.70. The zero-order valence-electron chi connectivity index (χ0n) is 19.3. The Morgan fingerprint density at radius 3 is 2.41 bits per heavy atom. The van der Waals surface area contributed by atoms with Gasteiger partial charge in [-0.1, -0.05) is 6.07 Å². The summed E-state index contributed by atoms with van der Waals surface area (Å²) in [5, 5.41) is 23.1. The number of methoxy groups -OCH3 is 2. The van der Waals surface area contributed by atoms with Gasteiger partial charge in [-0.15, -0.1) is 0 Å². The van der Waals surface area contributed by atoms with Crippen molar-refractivity contribution in [1.82, 2.24) is 0 Å². The number of nitriles is 1. The van der Waals surface area contributed by atoms with E-state index >= 15 is 0 Å². The summed E-state index contributed by atoms with van der Waals surface area (Å²) in [5.41, 5.74) is 0.113. The zero-order chi connectivity index (χ0) is 27.2. The lowest BCUT2D eigenvalue weighted by molar-refractivity contribution is -0.385. The lowest BCUT2D eigenvalue weighted by Crippen LogP contribution is -2.13. The summed E-state index contributed by atoms with van der Waals surface area (Å²) >= 11 is 3.22. The van der Waals surface area contributed by atoms with Crippen molar-refractivity contribution in [2.45, 2.75) is 4.90 Å². The fraction of sp³-hybridized carbons (Fsp3) is 0.0833. The van der Waals surface area contributed by atoms with Crippen LogP contribution in [0.2, 0.25) is 0 Å². The Labute approximate surface area is 220 Å². The van der Waals surface area contributed by atoms with E-state index < -0.39 is 31.5 Å². The van der Waals surface area contributed by atoms with Crippen LogP contribution in [0.25, 0.3) is 6.08 Å². The second kappa shape index (κ2) is 11.5. The number of nitrogens with one attached hydrogen (secondary N) is 1. The third kappa shape index (κ3) is 6.63. The molecule has 3 aromatic carbocycles. The topological polar surface area (TPSA) is 158 Å². The van der Waals surface area contributed by atoms with Crippen molar-refractivity contribution < 1.29 is 31.8 Å². The van der Waals surface area contributed by atoms with Crippen LogP contribution in [0.15, 0.2) is 75.6 Å². The highest BCUT2D eigenvalue weighted by Crippen LogP contribution is 2.39. The first-order valence-electron chi connectivity index (χ1n) is 10.2. The van der Waals surface area contributed by atoms with Gasteiger partial charge in [-0.05, 0) is 70.0 Å². The Hall–Kier alpha value is -4.41. The van der Waals surface area contributed by atoms with Crippen molar-refractivity contribution in [3.05, 3.63) is 86.4 Å². The maximum Gasteiger partial charge on any atom is 0.339 e. The molecule has 0 spiro atoms. The van der Waals surface area contributed by atoms with Crippen LogP contribution in [0.4, 0.5) is 11.4 Å². The second-order valence-corrected chi connectivity index (χ2v) is 9.58. The highest BCUT2D eigenvalue weighted by Gasteiger charge is 2.24. The van der Waals surface area contributed by atoms with E-state index in [0.29, 0.717) is 17.0 Å². The number of non-ortho nitro benzene ring substituents is 1. The normalized spacial score (nSPS) is 11.2. The molecule has 11 nitrogen and oxygen atoms in total. The van der Waals surface area contributed by atoms with E-state index in [1.807, 2.05) is 6.07 Å². The molecule has 3 aromatic rings. The lowest BCUT2D eigenvalue weighted by Gasteiger charge is -2.13. The molecule has 1 amide bonds. The number of carbonyl (C=O) groups is 1. The predicted octanol–water partition coefficient (Wildman–Crippen LogP) is 4.69. The molecular weight excluding hydrogens is 570 g/mol. The van der Waals surface area contributed by atoms with Crippen LogP contribution in [0.3, 0.4) is 0 Å². The van der Waals surface area contributed by atoms with E-state index in [2.05, 4.69) is 21.2 Å². The first kappa shape index (κ1) is 27.2. The molecule has 0 aliphatic rings. The van der Waals surface area contributed by atoms with Crippen molar-refractivity contribution in [3.8, 4) is 23.3 Å². The van der Waals surface area contributed by atoms with E-state index in [-0.39, 0.29) is 21.5 Å². The summed E-state index contributed by atoms with van der Waals surface area (Å²) in [4.78, 5) is 22.4. The Morgan fingerprint density at radius 1 is 1.11 bits per heavy atom. The number of benzene rings is 3. The van der Waals surface area contributed by atoms with E-state index in [9.17, 15) is 28.6 Å². The second-order valence-electron chi connectivity index (χ2n) is 7.18. The Morgan fingerprint density at radius 2 is 1.81 bits per heavy atom. The van der Waals surface area contributed by atoms with Gasteiger partial charge in [0.15, 0.2) is 11.5 Å². The van der Waals surface area contributed by atoms with Crippen LogP contribution in [-0.2, 0) is 14.9 Å². The van der Waals surface area contributed by atoms with Crippen LogP contribution < -0.4 is 19.0 Å². The molecule has 0 aliphatic carbocycles. The molecule has 0 aliphatic heterocycles. The van der Waals surface area contributed by atoms with Crippen molar-refractivity contribution in [2.75, 3.05) is 19.5 Å². The zero-order valence-corrected chi connectivity index (χ0v) is 21.7. The fourth-order valence-electron chi connectivity index (χ4n) is 3.00. The molecule has 0 heterocycles. The van der Waals surface area contributed by atoms with Crippen molar-refractivity contribution in [2.24, 2.45) is 0 Å². The van der Waals surface area contributed by atoms with Gasteiger partial charge >= 0.3 is 10.1 Å². The van der Waals surface area contributed by atoms with Crippen LogP contribution in [0.1, 0.15) is 5.56 Å². The number of nitro benzene ring substituents is 1. The molecule has 0 unspecified atom stereocenters. The molecule has 0 saturated heterocycles. The first-order chi connectivity index (χ1) is 17.6. The van der Waals surface area contributed by atoms with Gasteiger partial charge < -0.3 is 19.0 Å². The SMILES string of the molecule is COc1ccc(NC(=O)/C(C#N)=C/c2cc(Br)c(OS(=O)(=O)c3cccc([N+](=O)[O-])c3)c(OC)c2)cc1. The quantitative estimate of drug-likeness (QED) is 0.123. The van der Waals surface area contributed by atoms with Gasteiger partial charge in [0.05, 0.1) is 23.6 Å². The third-order valence-corrected chi connectivity index (χ3v) is 6.59. The molecule has 0 fully saturated rings. The average Bonchev–Trinajstić information content (AvgIpc) is 2.88. The number of nitro groups is 1. The minimum absolute atomic E-state index is 0.0394. The number of hydrogen-bond donors (Lipinski definition) is 1. The van der Waals surface area contributed by atoms with Gasteiger partial charge in [0.1, 0.15) is 22.3 Å². The monoisotopic (exact) mass is 587 g/mol. The van der Waals surface area contributed by atoms with Crippen molar-refractivity contribution in [1.29, 1.82) is 5.26 Å². The number of anilines is 1. The van der Waals surface area contributed by atoms with Gasteiger partial charge in [-0.3, -0.25) is 14.9 Å². The Balaban J connectivity index is 1.90. The molecule has 37 heavy (non-hydrogen) atoms. The molecule has 1 N–H and O–H groups in total. The first-order valence-corrected chi connectivity index (χ1v) is 12.4. The van der Waals surface area contributed by atoms with Gasteiger partial charge in [0.25, 0.3) is 11.6 Å². The maximum absolute atomic E-state index is 12.8. The van der Waals surface area contributed by atoms with E-state index in [1.165, 1.54) is 38.5 Å². The highest BCUT2D eigenvalue weighted by atomic mass is 79.9. The molecule has 0 aromatic heterocycles. The number of halogens is 1. The number of hydrogen-bond acceptors (Lipinski definition) is 9. The fourth-order valence-corrected chi connectivity index (χ4v) is 4.65. The summed E-state index contributed by atoms with van der Waals surface area (Å²) in [6, 6.07) is 15.5. The van der Waals surface area contributed by atoms with Gasteiger partial charge in [-0.25, -0.2) is 0 Å². The predicted molar refractivity (Wildman–Crippen MR) is 137 cm³/mol. The van der Waals surface area contributed by atoms with Gasteiger partial charge in [-0.2, -0.15) is 13.7 Å². The third-order valence-electron chi connectivity index (χ3n) is 4.79. The maximum atomic E-state index is 12.8. The molecule has 0 atom stereocenters. The number of amides is 1. The summed E-state index contributed by atoms with van der Waals surface area (Å²) in [5.74, 6) is -0.341. The molecule has 0 saturated carbocycles. The smallest absolute Gasteiger partial charge is 0.339 e. The van der Waals surface area contributed by atoms with E-state index in [1.54, 1.807) is 24.3 Å². The molecule has 13 heteroatoms. The Kier molecular flexibility index (Phi) is 8.49. The molecule has 0 bridgehead atoms. The molecular formula is C24H18BrN3O8S. The lowest BCUT2D eigenvalue weighted by atomic mass is 10.1. The van der Waals surface area contributed by atoms with E-state index in [4.69, 9.17) is 13.7 Å². The minimum Gasteiger partial charge on any atom is -0.497 e. The summed E-state index contributed by atoms with van der Waals surface area (Å²) in [6.07, 6.45) is 1.28. The molecule has 3 rings (SSSR count). The van der Waals surface area contributed by atoms with E-state index in [0.717, 1.165) is 18.2 Å². The largest absolute Gasteiger partial charge is 0.497 e. The summed E-state index contributed by atoms with van der Waals surface area (Å²) < 4.78 is 41.2. The molecule has 0 radical (unpaired) electrons. The van der Waals surface area contributed by atoms with Gasteiger partial charge in [0, 0.05) is 17.8 Å². The highest BCUT2D eigenvalue weighted by molar-refractivity contribution is 9.10. The van der Waals surface area contributed by atoms with Gasteiger partial charge in [0.2, 0.25) is 0 Å². The average molecular weight is 588 g/mol. The van der Waals surface area contributed by atoms with Crippen LogP contribution >= 0.6 is 15.9 Å². The van der Waals surface area contributed by atoms with Crippen molar-refractivity contribution in [3.63, 3.8) is 0 Å². The van der Waals surface area contributed by atoms with Crippen LogP contribution in [-0.4, -0.2) is 33.5 Å². The number of carbonyl (C=O) groups excluding carboxylic acids is 1. The van der Waals surface area contributed by atoms with Crippen LogP contribution in [0.5, 0.6) is 17.2 Å². The van der Waals surface area contributed by atoms with Crippen molar-refractivity contribution >= 4 is 49.4 Å². The minimum atomic E-state index is -4.47. The molecule has 190 valence electrons. The van der Waals surface area contributed by atoms with Crippen LogP contribution in [0, 0.1) is 21.4 Å². The number of rotatable bonds is 9. The Bertz CT molecular complexity index is 1530. The number of nitrogens with zero attached hydrogens (tertiary/aromatic N) is 2. The standard InChI is InChI=1S/C24H18BrN3O8S/c1-34-19-8-6-17(7-9-19)27-24(29)16(14-26)10-15-11-21(25)23(22(12-15)35-2)36-37(32,33)20-5-3-4-18(13-20)28(30)31/h3-13H,1-2H3,(H,27,29)/b16-10+. The number of ether oxygens (including phenoxy) is 2. The summed E-state index contributed by atoms with van der Waals surface area (Å²) in [6.45, 7) is 0.